The fraction of sp³-hybridized carbons (Fsp3) is 0.538. The first-order valence-electron chi connectivity index (χ1n) is 5.19. The standard InChI is InChI=1S/C13H20O/c1-6-10-8-12(14)9(2)7-11(10)13(3,4)5/h7-8,14H,6H2,1-5H3. The van der Waals surface area contributed by atoms with Gasteiger partial charge < -0.3 is 5.11 Å². The van der Waals surface area contributed by atoms with Gasteiger partial charge in [0.25, 0.3) is 0 Å². The Kier molecular flexibility index (Phi) is 2.89. The molecule has 0 aliphatic heterocycles. The lowest BCUT2D eigenvalue weighted by molar-refractivity contribution is 0.468. The highest BCUT2D eigenvalue weighted by molar-refractivity contribution is 5.44. The molecule has 0 bridgehead atoms. The van der Waals surface area contributed by atoms with Gasteiger partial charge in [0.05, 0.1) is 0 Å². The predicted molar refractivity (Wildman–Crippen MR) is 60.9 cm³/mol. The molecule has 14 heavy (non-hydrogen) atoms. The first-order chi connectivity index (χ1) is 6.36. The van der Waals surface area contributed by atoms with Gasteiger partial charge in [-0.2, -0.15) is 0 Å². The van der Waals surface area contributed by atoms with Crippen molar-refractivity contribution in [2.45, 2.75) is 46.5 Å². The topological polar surface area (TPSA) is 20.2 Å². The summed E-state index contributed by atoms with van der Waals surface area (Å²) in [6.07, 6.45) is 0.973. The maximum atomic E-state index is 9.62. The Morgan fingerprint density at radius 3 is 2.21 bits per heavy atom. The molecule has 0 aromatic heterocycles. The van der Waals surface area contributed by atoms with Crippen molar-refractivity contribution in [1.82, 2.24) is 0 Å². The fourth-order valence-corrected chi connectivity index (χ4v) is 1.73. The molecule has 0 radical (unpaired) electrons. The third-order valence-electron chi connectivity index (χ3n) is 2.61. The van der Waals surface area contributed by atoms with Gasteiger partial charge in [0.2, 0.25) is 0 Å². The number of aryl methyl sites for hydroxylation is 2. The van der Waals surface area contributed by atoms with Crippen molar-refractivity contribution in [3.63, 3.8) is 0 Å². The number of benzene rings is 1. The lowest BCUT2D eigenvalue weighted by Gasteiger charge is -2.23. The molecule has 1 aromatic carbocycles. The molecule has 1 heteroatoms. The molecule has 0 aliphatic rings. The molecule has 1 nitrogen and oxygen atoms in total. The van der Waals surface area contributed by atoms with Crippen molar-refractivity contribution in [1.29, 1.82) is 0 Å². The van der Waals surface area contributed by atoms with Gasteiger partial charge in [-0.1, -0.05) is 33.8 Å². The highest BCUT2D eigenvalue weighted by Crippen LogP contribution is 2.31. The minimum Gasteiger partial charge on any atom is -0.508 e. The molecule has 0 fully saturated rings. The van der Waals surface area contributed by atoms with E-state index in [1.54, 1.807) is 0 Å². The van der Waals surface area contributed by atoms with Crippen LogP contribution in [0.3, 0.4) is 0 Å². The van der Waals surface area contributed by atoms with Gasteiger partial charge in [-0.05, 0) is 41.5 Å². The van der Waals surface area contributed by atoms with E-state index in [-0.39, 0.29) is 5.41 Å². The second-order valence-electron chi connectivity index (χ2n) is 4.90. The van der Waals surface area contributed by atoms with E-state index in [9.17, 15) is 5.11 Å². The Labute approximate surface area is 86.8 Å². The third-order valence-corrected chi connectivity index (χ3v) is 2.61. The Balaban J connectivity index is 3.35. The zero-order chi connectivity index (χ0) is 10.9. The Hall–Kier alpha value is -0.980. The summed E-state index contributed by atoms with van der Waals surface area (Å²) < 4.78 is 0. The molecule has 0 aliphatic carbocycles. The molecule has 0 saturated heterocycles. The smallest absolute Gasteiger partial charge is 0.118 e. The second-order valence-corrected chi connectivity index (χ2v) is 4.90. The first kappa shape index (κ1) is 11.1. The van der Waals surface area contributed by atoms with Crippen LogP contribution in [0.4, 0.5) is 0 Å². The van der Waals surface area contributed by atoms with Crippen LogP contribution in [0, 0.1) is 6.92 Å². The second kappa shape index (κ2) is 3.64. The molecule has 0 spiro atoms. The predicted octanol–water partition coefficient (Wildman–Crippen LogP) is 3.56. The van der Waals surface area contributed by atoms with Gasteiger partial charge in [-0.15, -0.1) is 0 Å². The molecule has 1 rings (SSSR count). The van der Waals surface area contributed by atoms with E-state index < -0.39 is 0 Å². The highest BCUT2D eigenvalue weighted by Gasteiger charge is 2.18. The molecule has 1 N–H and O–H groups in total. The molecule has 1 aromatic rings. The maximum Gasteiger partial charge on any atom is 0.118 e. The largest absolute Gasteiger partial charge is 0.508 e. The third kappa shape index (κ3) is 2.09. The first-order valence-corrected chi connectivity index (χ1v) is 5.19. The Bertz CT molecular complexity index is 332. The van der Waals surface area contributed by atoms with E-state index in [1.165, 1.54) is 11.1 Å². The van der Waals surface area contributed by atoms with Crippen LogP contribution in [0.1, 0.15) is 44.4 Å². The van der Waals surface area contributed by atoms with Crippen LogP contribution >= 0.6 is 0 Å². The van der Waals surface area contributed by atoms with Gasteiger partial charge in [-0.3, -0.25) is 0 Å². The average Bonchev–Trinajstić information content (AvgIpc) is 2.07. The maximum absolute atomic E-state index is 9.62. The SMILES string of the molecule is CCc1cc(O)c(C)cc1C(C)(C)C. The zero-order valence-electron chi connectivity index (χ0n) is 9.81. The van der Waals surface area contributed by atoms with Crippen LogP contribution in [0.5, 0.6) is 5.75 Å². The van der Waals surface area contributed by atoms with E-state index in [2.05, 4.69) is 33.8 Å². The van der Waals surface area contributed by atoms with Gasteiger partial charge in [-0.25, -0.2) is 0 Å². The summed E-state index contributed by atoms with van der Waals surface area (Å²) in [4.78, 5) is 0. The Morgan fingerprint density at radius 1 is 1.21 bits per heavy atom. The average molecular weight is 192 g/mol. The molecule has 0 amide bonds. The van der Waals surface area contributed by atoms with Crippen molar-refractivity contribution in [2.24, 2.45) is 0 Å². The lowest BCUT2D eigenvalue weighted by atomic mass is 9.82. The van der Waals surface area contributed by atoms with Crippen molar-refractivity contribution < 1.29 is 5.11 Å². The molecular weight excluding hydrogens is 172 g/mol. The van der Waals surface area contributed by atoms with Crippen molar-refractivity contribution >= 4 is 0 Å². The van der Waals surface area contributed by atoms with Crippen LogP contribution < -0.4 is 0 Å². The van der Waals surface area contributed by atoms with Crippen molar-refractivity contribution in [3.05, 3.63) is 28.8 Å². The number of aromatic hydroxyl groups is 1. The summed E-state index contributed by atoms with van der Waals surface area (Å²) in [5.41, 5.74) is 3.71. The summed E-state index contributed by atoms with van der Waals surface area (Å²) in [5, 5.41) is 9.62. The van der Waals surface area contributed by atoms with Crippen LogP contribution in [0.25, 0.3) is 0 Å². The van der Waals surface area contributed by atoms with Crippen molar-refractivity contribution in [3.8, 4) is 5.75 Å². The summed E-state index contributed by atoms with van der Waals surface area (Å²) >= 11 is 0. The molecule has 0 unspecified atom stereocenters. The monoisotopic (exact) mass is 192 g/mol. The normalized spacial score (nSPS) is 11.8. The molecule has 78 valence electrons. The van der Waals surface area contributed by atoms with Gasteiger partial charge >= 0.3 is 0 Å². The number of phenolic OH excluding ortho intramolecular Hbond substituents is 1. The highest BCUT2D eigenvalue weighted by atomic mass is 16.3. The van der Waals surface area contributed by atoms with E-state index >= 15 is 0 Å². The minimum absolute atomic E-state index is 0.157. The summed E-state index contributed by atoms with van der Waals surface area (Å²) in [6, 6.07) is 4.00. The van der Waals surface area contributed by atoms with Crippen LogP contribution in [0.15, 0.2) is 12.1 Å². The summed E-state index contributed by atoms with van der Waals surface area (Å²) in [7, 11) is 0. The van der Waals surface area contributed by atoms with Crippen LogP contribution in [0.2, 0.25) is 0 Å². The van der Waals surface area contributed by atoms with Gasteiger partial charge in [0.15, 0.2) is 0 Å². The fourth-order valence-electron chi connectivity index (χ4n) is 1.73. The van der Waals surface area contributed by atoms with E-state index in [0.717, 1.165) is 12.0 Å². The molecular formula is C13H20O. The van der Waals surface area contributed by atoms with Gasteiger partial charge in [0, 0.05) is 0 Å². The minimum atomic E-state index is 0.157. The summed E-state index contributed by atoms with van der Waals surface area (Å²) in [5.74, 6) is 0.412. The van der Waals surface area contributed by atoms with E-state index in [1.807, 2.05) is 13.0 Å². The molecule has 0 saturated carbocycles. The van der Waals surface area contributed by atoms with E-state index in [4.69, 9.17) is 0 Å². The number of hydrogen-bond donors (Lipinski definition) is 1. The van der Waals surface area contributed by atoms with Crippen LogP contribution in [-0.2, 0) is 11.8 Å². The molecule has 0 atom stereocenters. The lowest BCUT2D eigenvalue weighted by Crippen LogP contribution is -2.14. The zero-order valence-corrected chi connectivity index (χ0v) is 9.81. The number of phenols is 1. The summed E-state index contributed by atoms with van der Waals surface area (Å²) in [6.45, 7) is 10.7. The molecule has 0 heterocycles. The quantitative estimate of drug-likeness (QED) is 0.721. The van der Waals surface area contributed by atoms with E-state index in [0.29, 0.717) is 5.75 Å². The Morgan fingerprint density at radius 2 is 1.79 bits per heavy atom. The number of rotatable bonds is 1. The number of hydrogen-bond acceptors (Lipinski definition) is 1. The van der Waals surface area contributed by atoms with Crippen LogP contribution in [-0.4, -0.2) is 5.11 Å². The van der Waals surface area contributed by atoms with Crippen molar-refractivity contribution in [2.75, 3.05) is 0 Å². The van der Waals surface area contributed by atoms with Gasteiger partial charge in [0.1, 0.15) is 5.75 Å².